The lowest BCUT2D eigenvalue weighted by molar-refractivity contribution is 0.0952. The van der Waals surface area contributed by atoms with Gasteiger partial charge in [0.15, 0.2) is 0 Å². The third kappa shape index (κ3) is 6.03. The maximum atomic E-state index is 12.6. The molecule has 0 unspecified atom stereocenters. The topological polar surface area (TPSA) is 90.7 Å². The van der Waals surface area contributed by atoms with E-state index in [4.69, 9.17) is 13.6 Å². The Labute approximate surface area is 160 Å². The summed E-state index contributed by atoms with van der Waals surface area (Å²) in [6.45, 7) is 6.45. The Balaban J connectivity index is 1.88. The molecule has 0 aliphatic rings. The molecular formula is C19H27N2O5P. The molecule has 8 heteroatoms. The molecule has 0 spiro atoms. The van der Waals surface area contributed by atoms with Gasteiger partial charge in [0.2, 0.25) is 0 Å². The van der Waals surface area contributed by atoms with Crippen molar-refractivity contribution in [3.8, 4) is 11.3 Å². The quantitative estimate of drug-likeness (QED) is 0.448. The van der Waals surface area contributed by atoms with Crippen LogP contribution in [0.15, 0.2) is 34.9 Å². The molecule has 7 nitrogen and oxygen atoms in total. The van der Waals surface area contributed by atoms with Crippen molar-refractivity contribution in [2.24, 2.45) is 0 Å². The second-order valence-electron chi connectivity index (χ2n) is 5.96. The molecule has 2 rings (SSSR count). The Morgan fingerprint density at radius 2 is 1.81 bits per heavy atom. The van der Waals surface area contributed by atoms with Crippen molar-refractivity contribution < 1.29 is 22.9 Å². The average Bonchev–Trinajstić information content (AvgIpc) is 3.04. The van der Waals surface area contributed by atoms with Gasteiger partial charge in [-0.25, -0.2) is 0 Å². The summed E-state index contributed by atoms with van der Waals surface area (Å²) < 4.78 is 28.1. The van der Waals surface area contributed by atoms with Gasteiger partial charge in [-0.1, -0.05) is 35.5 Å². The van der Waals surface area contributed by atoms with Gasteiger partial charge < -0.3 is 18.9 Å². The standard InChI is InChI=1S/C19H27N2O5P/c1-4-24-27(23,25-5-2)14-10-9-13-20-19(22)17-15(3)26-21-18(17)16-11-7-6-8-12-16/h6-8,11-12H,4-5,9-10,13-14H2,1-3H3,(H,20,22). The molecule has 2 aromatic rings. The molecule has 1 amide bonds. The largest absolute Gasteiger partial charge is 0.360 e. The number of rotatable bonds is 11. The number of aryl methyl sites for hydroxylation is 1. The Kier molecular flexibility index (Phi) is 8.23. The van der Waals surface area contributed by atoms with Crippen molar-refractivity contribution in [2.45, 2.75) is 33.6 Å². The summed E-state index contributed by atoms with van der Waals surface area (Å²) in [4.78, 5) is 12.6. The van der Waals surface area contributed by atoms with E-state index in [1.54, 1.807) is 20.8 Å². The van der Waals surface area contributed by atoms with Crippen molar-refractivity contribution in [2.75, 3.05) is 25.9 Å². The lowest BCUT2D eigenvalue weighted by Gasteiger charge is -2.16. The highest BCUT2D eigenvalue weighted by molar-refractivity contribution is 7.53. The van der Waals surface area contributed by atoms with Gasteiger partial charge in [-0.3, -0.25) is 9.36 Å². The van der Waals surface area contributed by atoms with E-state index in [1.165, 1.54) is 0 Å². The minimum atomic E-state index is -3.02. The summed E-state index contributed by atoms with van der Waals surface area (Å²) in [5.41, 5.74) is 1.80. The summed E-state index contributed by atoms with van der Waals surface area (Å²) in [6, 6.07) is 9.44. The van der Waals surface area contributed by atoms with Crippen LogP contribution in [0.5, 0.6) is 0 Å². The van der Waals surface area contributed by atoms with Gasteiger partial charge in [0, 0.05) is 12.1 Å². The third-order valence-corrected chi connectivity index (χ3v) is 6.10. The highest BCUT2D eigenvalue weighted by atomic mass is 31.2. The number of hydrogen-bond acceptors (Lipinski definition) is 6. The van der Waals surface area contributed by atoms with Crippen LogP contribution >= 0.6 is 7.60 Å². The molecule has 148 valence electrons. The third-order valence-electron chi connectivity index (χ3n) is 3.93. The zero-order valence-corrected chi connectivity index (χ0v) is 17.0. The van der Waals surface area contributed by atoms with Crippen molar-refractivity contribution in [3.63, 3.8) is 0 Å². The van der Waals surface area contributed by atoms with Crippen LogP contribution in [0.2, 0.25) is 0 Å². The Morgan fingerprint density at radius 3 is 2.44 bits per heavy atom. The lowest BCUT2D eigenvalue weighted by Crippen LogP contribution is -2.25. The number of carbonyl (C=O) groups excluding carboxylic acids is 1. The van der Waals surface area contributed by atoms with Gasteiger partial charge in [-0.05, 0) is 33.6 Å². The van der Waals surface area contributed by atoms with E-state index in [2.05, 4.69) is 10.5 Å². The summed E-state index contributed by atoms with van der Waals surface area (Å²) in [5, 5.41) is 6.89. The molecule has 0 saturated carbocycles. The van der Waals surface area contributed by atoms with E-state index >= 15 is 0 Å². The first-order valence-electron chi connectivity index (χ1n) is 9.18. The highest BCUT2D eigenvalue weighted by Crippen LogP contribution is 2.48. The molecule has 0 bridgehead atoms. The number of nitrogens with zero attached hydrogens (tertiary/aromatic N) is 1. The Morgan fingerprint density at radius 1 is 1.15 bits per heavy atom. The van der Waals surface area contributed by atoms with E-state index in [0.717, 1.165) is 5.56 Å². The van der Waals surface area contributed by atoms with Crippen LogP contribution in [0.1, 0.15) is 42.8 Å². The van der Waals surface area contributed by atoms with Crippen molar-refractivity contribution >= 4 is 13.5 Å². The zero-order valence-electron chi connectivity index (χ0n) is 16.1. The van der Waals surface area contributed by atoms with Crippen LogP contribution in [0, 0.1) is 6.92 Å². The second-order valence-corrected chi connectivity index (χ2v) is 8.15. The number of amides is 1. The molecule has 0 saturated heterocycles. The molecule has 27 heavy (non-hydrogen) atoms. The molecule has 0 aliphatic heterocycles. The van der Waals surface area contributed by atoms with Crippen molar-refractivity contribution in [3.05, 3.63) is 41.7 Å². The van der Waals surface area contributed by atoms with Crippen LogP contribution in [0.4, 0.5) is 0 Å². The number of hydrogen-bond donors (Lipinski definition) is 1. The van der Waals surface area contributed by atoms with Gasteiger partial charge in [-0.15, -0.1) is 0 Å². The van der Waals surface area contributed by atoms with Crippen LogP contribution < -0.4 is 5.32 Å². The van der Waals surface area contributed by atoms with Crippen molar-refractivity contribution in [1.29, 1.82) is 0 Å². The first-order chi connectivity index (χ1) is 13.0. The number of unbranched alkanes of at least 4 members (excludes halogenated alkanes) is 1. The Bertz CT molecular complexity index is 766. The minimum absolute atomic E-state index is 0.231. The first kappa shape index (κ1) is 21.4. The summed E-state index contributed by atoms with van der Waals surface area (Å²) >= 11 is 0. The van der Waals surface area contributed by atoms with E-state index in [-0.39, 0.29) is 5.91 Å². The molecule has 0 fully saturated rings. The summed E-state index contributed by atoms with van der Waals surface area (Å²) in [7, 11) is -3.02. The molecule has 0 radical (unpaired) electrons. The van der Waals surface area contributed by atoms with Crippen molar-refractivity contribution in [1.82, 2.24) is 10.5 Å². The number of carbonyl (C=O) groups is 1. The highest BCUT2D eigenvalue weighted by Gasteiger charge is 2.23. The maximum absolute atomic E-state index is 12.6. The smallest absolute Gasteiger partial charge is 0.330 e. The number of aromatic nitrogens is 1. The summed E-state index contributed by atoms with van der Waals surface area (Å²) in [6.07, 6.45) is 1.64. The molecule has 1 heterocycles. The van der Waals surface area contributed by atoms with Crippen LogP contribution in [-0.2, 0) is 13.6 Å². The molecule has 1 aromatic heterocycles. The minimum Gasteiger partial charge on any atom is -0.360 e. The van der Waals surface area contributed by atoms with Gasteiger partial charge >= 0.3 is 7.60 Å². The predicted octanol–water partition coefficient (Wildman–Crippen LogP) is 4.43. The average molecular weight is 394 g/mol. The number of benzene rings is 1. The van der Waals surface area contributed by atoms with Crippen LogP contribution in [0.25, 0.3) is 11.3 Å². The monoisotopic (exact) mass is 394 g/mol. The Hall–Kier alpha value is -1.95. The predicted molar refractivity (Wildman–Crippen MR) is 104 cm³/mol. The molecule has 1 aromatic carbocycles. The van der Waals surface area contributed by atoms with Crippen LogP contribution in [0.3, 0.4) is 0 Å². The maximum Gasteiger partial charge on any atom is 0.330 e. The number of nitrogens with one attached hydrogen (secondary N) is 1. The van der Waals surface area contributed by atoms with E-state index in [9.17, 15) is 9.36 Å². The zero-order chi connectivity index (χ0) is 19.7. The fraction of sp³-hybridized carbons (Fsp3) is 0.474. The SMILES string of the molecule is CCOP(=O)(CCCCNC(=O)c1c(-c2ccccc2)noc1C)OCC. The van der Waals surface area contributed by atoms with Gasteiger partial charge in [-0.2, -0.15) is 0 Å². The molecule has 0 aliphatic carbocycles. The van der Waals surface area contributed by atoms with Gasteiger partial charge in [0.25, 0.3) is 5.91 Å². The second kappa shape index (κ2) is 10.4. The fourth-order valence-electron chi connectivity index (χ4n) is 2.71. The molecular weight excluding hydrogens is 367 g/mol. The lowest BCUT2D eigenvalue weighted by atomic mass is 10.1. The van der Waals surface area contributed by atoms with E-state index in [0.29, 0.717) is 55.8 Å². The fourth-order valence-corrected chi connectivity index (χ4v) is 4.44. The van der Waals surface area contributed by atoms with Gasteiger partial charge in [0.1, 0.15) is 17.0 Å². The summed E-state index contributed by atoms with van der Waals surface area (Å²) in [5.74, 6) is 0.244. The molecule has 1 N–H and O–H groups in total. The normalized spacial score (nSPS) is 11.5. The van der Waals surface area contributed by atoms with E-state index < -0.39 is 7.60 Å². The first-order valence-corrected chi connectivity index (χ1v) is 10.9. The van der Waals surface area contributed by atoms with E-state index in [1.807, 2.05) is 30.3 Å². The van der Waals surface area contributed by atoms with Crippen LogP contribution in [-0.4, -0.2) is 37.0 Å². The van der Waals surface area contributed by atoms with Gasteiger partial charge in [0.05, 0.1) is 19.4 Å². The molecule has 0 atom stereocenters.